The number of anilines is 1. The predicted molar refractivity (Wildman–Crippen MR) is 123 cm³/mol. The quantitative estimate of drug-likeness (QED) is 0.627. The van der Waals surface area contributed by atoms with E-state index in [1.165, 1.54) is 4.90 Å². The van der Waals surface area contributed by atoms with Crippen molar-refractivity contribution in [2.45, 2.75) is 53.3 Å². The van der Waals surface area contributed by atoms with Gasteiger partial charge in [0, 0.05) is 38.3 Å². The van der Waals surface area contributed by atoms with Crippen molar-refractivity contribution < 1.29 is 14.3 Å². The lowest BCUT2D eigenvalue weighted by molar-refractivity contribution is -0.138. The van der Waals surface area contributed by atoms with Crippen LogP contribution in [0.1, 0.15) is 47.1 Å². The molecule has 1 rings (SSSR count). The Morgan fingerprint density at radius 1 is 0.966 bits per heavy atom. The summed E-state index contributed by atoms with van der Waals surface area (Å²) in [5, 5.41) is 3.79. The fourth-order valence-corrected chi connectivity index (χ4v) is 3.23. The highest BCUT2D eigenvalue weighted by atomic mass is 31.1. The van der Waals surface area contributed by atoms with E-state index in [1.807, 2.05) is 45.0 Å². The summed E-state index contributed by atoms with van der Waals surface area (Å²) in [6.07, 6.45) is -0.395. The molecule has 2 amide bonds. The molecule has 164 valence electrons. The molecule has 0 aromatic heterocycles. The normalized spacial score (nSPS) is 12.9. The first-order chi connectivity index (χ1) is 13.2. The predicted octanol–water partition coefficient (Wildman–Crippen LogP) is 5.00. The molecule has 1 unspecified atom stereocenters. The molecular weight excluding hydrogens is 385 g/mol. The van der Waals surface area contributed by atoms with Crippen molar-refractivity contribution in [3.05, 3.63) is 29.8 Å². The van der Waals surface area contributed by atoms with Crippen LogP contribution in [-0.2, 0) is 16.1 Å². The zero-order valence-electron chi connectivity index (χ0n) is 19.5. The van der Waals surface area contributed by atoms with Crippen LogP contribution < -0.4 is 5.09 Å². The molecule has 0 aliphatic rings. The number of nitrogens with zero attached hydrogens (tertiary/aromatic N) is 2. The number of hydrogen-bond acceptors (Lipinski definition) is 4. The van der Waals surface area contributed by atoms with E-state index in [2.05, 4.69) is 32.5 Å². The van der Waals surface area contributed by atoms with Crippen molar-refractivity contribution in [3.8, 4) is 0 Å². The number of nitrogens with one attached hydrogen (secondary N) is 1. The summed E-state index contributed by atoms with van der Waals surface area (Å²) < 4.78 is 5.39. The first-order valence-corrected chi connectivity index (χ1v) is 11.7. The van der Waals surface area contributed by atoms with Crippen LogP contribution in [-0.4, -0.2) is 60.8 Å². The third-order valence-corrected chi connectivity index (χ3v) is 7.30. The molecule has 0 heterocycles. The Hall–Kier alpha value is -1.81. The molecule has 29 heavy (non-hydrogen) atoms. The zero-order valence-corrected chi connectivity index (χ0v) is 20.4. The fraction of sp³-hybridized carbons (Fsp3) is 0.636. The Balaban J connectivity index is 2.46. The monoisotopic (exact) mass is 423 g/mol. The molecule has 0 saturated carbocycles. The molecule has 1 atom stereocenters. The first-order valence-electron chi connectivity index (χ1n) is 9.94. The molecule has 0 radical (unpaired) electrons. The maximum Gasteiger partial charge on any atom is 0.409 e. The van der Waals surface area contributed by atoms with Gasteiger partial charge in [-0.2, -0.15) is 0 Å². The van der Waals surface area contributed by atoms with Gasteiger partial charge >= 0.3 is 6.09 Å². The number of carbonyl (C=O) groups is 2. The minimum Gasteiger partial charge on any atom is -0.445 e. The Morgan fingerprint density at radius 3 is 1.97 bits per heavy atom. The van der Waals surface area contributed by atoms with Gasteiger partial charge < -0.3 is 19.6 Å². The number of carbonyl (C=O) groups excluding carboxylic acids is 2. The molecule has 7 heteroatoms. The van der Waals surface area contributed by atoms with Gasteiger partial charge in [0.2, 0.25) is 5.91 Å². The molecule has 1 N–H and O–H groups in total. The summed E-state index contributed by atoms with van der Waals surface area (Å²) in [6.45, 7) is 15.7. The average molecular weight is 424 g/mol. The van der Waals surface area contributed by atoms with Crippen molar-refractivity contribution in [2.75, 3.05) is 38.9 Å². The molecule has 6 nitrogen and oxygen atoms in total. The Bertz CT molecular complexity index is 678. The zero-order chi connectivity index (χ0) is 22.4. The second kappa shape index (κ2) is 10.3. The summed E-state index contributed by atoms with van der Waals surface area (Å²) in [4.78, 5) is 27.5. The highest BCUT2D eigenvalue weighted by Crippen LogP contribution is 2.45. The fourth-order valence-electron chi connectivity index (χ4n) is 2.36. The van der Waals surface area contributed by atoms with Gasteiger partial charge in [-0.1, -0.05) is 53.7 Å². The van der Waals surface area contributed by atoms with E-state index >= 15 is 0 Å². The van der Waals surface area contributed by atoms with E-state index in [9.17, 15) is 9.59 Å². The molecule has 1 aromatic carbocycles. The van der Waals surface area contributed by atoms with Crippen LogP contribution in [0, 0.1) is 5.41 Å². The molecule has 0 bridgehead atoms. The number of rotatable bonds is 7. The number of amides is 2. The molecule has 0 saturated heterocycles. The van der Waals surface area contributed by atoms with E-state index in [0.29, 0.717) is 13.1 Å². The number of ether oxygens (including phenoxy) is 1. The van der Waals surface area contributed by atoms with Gasteiger partial charge in [0.25, 0.3) is 0 Å². The van der Waals surface area contributed by atoms with Crippen LogP contribution in [0.2, 0.25) is 0 Å². The van der Waals surface area contributed by atoms with E-state index in [1.54, 1.807) is 19.0 Å². The third-order valence-electron chi connectivity index (χ3n) is 4.69. The van der Waals surface area contributed by atoms with Gasteiger partial charge in [0.1, 0.15) is 6.61 Å². The second-order valence-corrected chi connectivity index (χ2v) is 12.2. The minimum atomic E-state index is -0.430. The Labute approximate surface area is 177 Å². The van der Waals surface area contributed by atoms with Crippen molar-refractivity contribution >= 4 is 25.8 Å². The standard InChI is InChI=1S/C22H38N3O3P/c1-21(2,3)19(26)24(7)14-15-25(8)20(27)28-16-17-10-12-18(13-11-17)23-29(9)22(4,5)6/h10-13,23H,14-16H2,1-9H3. The van der Waals surface area contributed by atoms with Crippen molar-refractivity contribution in [1.82, 2.24) is 9.80 Å². The van der Waals surface area contributed by atoms with Crippen LogP contribution in [0.15, 0.2) is 24.3 Å². The van der Waals surface area contributed by atoms with E-state index in [-0.39, 0.29) is 25.7 Å². The number of benzene rings is 1. The Kier molecular flexibility index (Phi) is 8.95. The van der Waals surface area contributed by atoms with Crippen molar-refractivity contribution in [1.29, 1.82) is 0 Å². The maximum atomic E-state index is 12.2. The van der Waals surface area contributed by atoms with Crippen molar-refractivity contribution in [2.24, 2.45) is 5.41 Å². The lowest BCUT2D eigenvalue weighted by Gasteiger charge is -2.29. The summed E-state index contributed by atoms with van der Waals surface area (Å²) >= 11 is 0. The van der Waals surface area contributed by atoms with Crippen molar-refractivity contribution in [3.63, 3.8) is 0 Å². The SMILES string of the molecule is CN(CCN(C)C(=O)C(C)(C)C)C(=O)OCc1ccc(NP(C)C(C)(C)C)cc1. The van der Waals surface area contributed by atoms with Crippen LogP contribution in [0.5, 0.6) is 0 Å². The maximum absolute atomic E-state index is 12.2. The third kappa shape index (κ3) is 8.61. The molecule has 0 spiro atoms. The first kappa shape index (κ1) is 25.2. The summed E-state index contributed by atoms with van der Waals surface area (Å²) in [7, 11) is 3.11. The molecular formula is C22H38N3O3P. The minimum absolute atomic E-state index is 0.0511. The van der Waals surface area contributed by atoms with Crippen LogP contribution in [0.25, 0.3) is 0 Å². The van der Waals surface area contributed by atoms with Gasteiger partial charge in [-0.05, 0) is 37.6 Å². The van der Waals surface area contributed by atoms with Gasteiger partial charge in [-0.15, -0.1) is 0 Å². The summed E-state index contributed by atoms with van der Waals surface area (Å²) in [6, 6.07) is 7.98. The topological polar surface area (TPSA) is 61.9 Å². The number of hydrogen-bond donors (Lipinski definition) is 1. The summed E-state index contributed by atoms with van der Waals surface area (Å²) in [5.41, 5.74) is 1.58. The van der Waals surface area contributed by atoms with E-state index < -0.39 is 11.5 Å². The molecule has 0 aliphatic carbocycles. The highest BCUT2D eigenvalue weighted by molar-refractivity contribution is 7.60. The largest absolute Gasteiger partial charge is 0.445 e. The van der Waals surface area contributed by atoms with Crippen LogP contribution in [0.4, 0.5) is 10.5 Å². The van der Waals surface area contributed by atoms with Gasteiger partial charge in [0.05, 0.1) is 0 Å². The second-order valence-electron chi connectivity index (χ2n) is 9.49. The van der Waals surface area contributed by atoms with Gasteiger partial charge in [-0.25, -0.2) is 4.79 Å². The highest BCUT2D eigenvalue weighted by Gasteiger charge is 2.25. The Morgan fingerprint density at radius 2 is 1.48 bits per heavy atom. The lowest BCUT2D eigenvalue weighted by Crippen LogP contribution is -2.41. The molecule has 0 fully saturated rings. The van der Waals surface area contributed by atoms with Gasteiger partial charge in [0.15, 0.2) is 0 Å². The van der Waals surface area contributed by atoms with Gasteiger partial charge in [-0.3, -0.25) is 4.79 Å². The lowest BCUT2D eigenvalue weighted by atomic mass is 9.95. The number of likely N-dealkylation sites (N-methyl/N-ethyl adjacent to an activating group) is 2. The van der Waals surface area contributed by atoms with E-state index in [0.717, 1.165) is 11.3 Å². The smallest absolute Gasteiger partial charge is 0.409 e. The molecule has 1 aromatic rings. The average Bonchev–Trinajstić information content (AvgIpc) is 2.62. The summed E-state index contributed by atoms with van der Waals surface area (Å²) in [5.74, 6) is 0.0511. The molecule has 0 aliphatic heterocycles. The van der Waals surface area contributed by atoms with E-state index in [4.69, 9.17) is 4.74 Å². The van der Waals surface area contributed by atoms with Crippen LogP contribution in [0.3, 0.4) is 0 Å². The van der Waals surface area contributed by atoms with Crippen LogP contribution >= 0.6 is 8.07 Å².